The third-order valence-electron chi connectivity index (χ3n) is 2.44. The van der Waals surface area contributed by atoms with Gasteiger partial charge in [-0.2, -0.15) is 0 Å². The third kappa shape index (κ3) is 3.79. The molecule has 16 heavy (non-hydrogen) atoms. The summed E-state index contributed by atoms with van der Waals surface area (Å²) < 4.78 is 9.96. The van der Waals surface area contributed by atoms with E-state index in [4.69, 9.17) is 4.74 Å². The van der Waals surface area contributed by atoms with Gasteiger partial charge in [0.1, 0.15) is 0 Å². The molecule has 1 rings (SSSR count). The van der Waals surface area contributed by atoms with Crippen LogP contribution in [0, 0.1) is 0 Å². The normalized spacial score (nSPS) is 20.6. The van der Waals surface area contributed by atoms with E-state index in [1.165, 1.54) is 7.11 Å². The largest absolute Gasteiger partial charge is 0.469 e. The highest BCUT2D eigenvalue weighted by molar-refractivity contribution is 5.78. The Morgan fingerprint density at radius 2 is 2.31 bits per heavy atom. The summed E-state index contributed by atoms with van der Waals surface area (Å²) in [6.07, 6.45) is -0.0539. The quantitative estimate of drug-likeness (QED) is 0.627. The maximum absolute atomic E-state index is 11.6. The number of esters is 1. The van der Waals surface area contributed by atoms with E-state index in [2.05, 4.69) is 10.1 Å². The van der Waals surface area contributed by atoms with Crippen molar-refractivity contribution in [2.24, 2.45) is 0 Å². The lowest BCUT2D eigenvalue weighted by atomic mass is 10.2. The van der Waals surface area contributed by atoms with Gasteiger partial charge in [0.25, 0.3) is 0 Å². The summed E-state index contributed by atoms with van der Waals surface area (Å²) in [5, 5.41) is 2.81. The van der Waals surface area contributed by atoms with Crippen molar-refractivity contribution in [1.82, 2.24) is 10.2 Å². The molecule has 1 unspecified atom stereocenters. The first-order valence-corrected chi connectivity index (χ1v) is 5.28. The molecule has 0 radical (unpaired) electrons. The minimum atomic E-state index is -0.312. The van der Waals surface area contributed by atoms with Gasteiger partial charge in [0.05, 0.1) is 32.8 Å². The number of nitrogens with zero attached hydrogens (tertiary/aromatic N) is 1. The Hall–Kier alpha value is -1.14. The van der Waals surface area contributed by atoms with Crippen molar-refractivity contribution in [2.45, 2.75) is 12.5 Å². The fourth-order valence-electron chi connectivity index (χ4n) is 1.60. The van der Waals surface area contributed by atoms with Crippen LogP contribution < -0.4 is 5.32 Å². The number of carbonyl (C=O) groups excluding carboxylic acids is 2. The van der Waals surface area contributed by atoms with Crippen molar-refractivity contribution in [3.63, 3.8) is 0 Å². The van der Waals surface area contributed by atoms with Crippen LogP contribution in [0.15, 0.2) is 0 Å². The Bertz CT molecular complexity index is 257. The molecular weight excluding hydrogens is 212 g/mol. The molecule has 0 bridgehead atoms. The molecule has 92 valence electrons. The molecule has 1 fully saturated rings. The monoisotopic (exact) mass is 230 g/mol. The van der Waals surface area contributed by atoms with Gasteiger partial charge in [0.2, 0.25) is 5.91 Å². The van der Waals surface area contributed by atoms with Crippen molar-refractivity contribution < 1.29 is 19.1 Å². The lowest BCUT2D eigenvalue weighted by molar-refractivity contribution is -0.149. The first kappa shape index (κ1) is 12.9. The van der Waals surface area contributed by atoms with Gasteiger partial charge < -0.3 is 19.7 Å². The minimum absolute atomic E-state index is 0.0284. The van der Waals surface area contributed by atoms with Gasteiger partial charge in [-0.25, -0.2) is 0 Å². The van der Waals surface area contributed by atoms with Gasteiger partial charge in [0, 0.05) is 13.1 Å². The molecule has 0 aliphatic carbocycles. The van der Waals surface area contributed by atoms with Crippen LogP contribution in [0.4, 0.5) is 0 Å². The van der Waals surface area contributed by atoms with E-state index < -0.39 is 0 Å². The van der Waals surface area contributed by atoms with Crippen molar-refractivity contribution in [3.8, 4) is 0 Å². The molecule has 0 spiro atoms. The van der Waals surface area contributed by atoms with Crippen LogP contribution in [0.1, 0.15) is 6.42 Å². The van der Waals surface area contributed by atoms with E-state index >= 15 is 0 Å². The molecule has 0 aromatic carbocycles. The molecule has 1 atom stereocenters. The Kier molecular flexibility index (Phi) is 5.21. The lowest BCUT2D eigenvalue weighted by Crippen LogP contribution is -2.48. The number of likely N-dealkylation sites (N-methyl/N-ethyl adjacent to an activating group) is 1. The van der Waals surface area contributed by atoms with E-state index in [9.17, 15) is 9.59 Å². The minimum Gasteiger partial charge on any atom is -0.469 e. The fourth-order valence-corrected chi connectivity index (χ4v) is 1.60. The summed E-state index contributed by atoms with van der Waals surface area (Å²) in [5.41, 5.74) is 0. The van der Waals surface area contributed by atoms with Crippen LogP contribution >= 0.6 is 0 Å². The molecule has 1 aliphatic rings. The number of nitrogens with one attached hydrogen (secondary N) is 1. The van der Waals surface area contributed by atoms with Crippen LogP contribution in [-0.2, 0) is 19.1 Å². The van der Waals surface area contributed by atoms with Crippen molar-refractivity contribution in [3.05, 3.63) is 0 Å². The summed E-state index contributed by atoms with van der Waals surface area (Å²) in [6.45, 7) is 1.82. The van der Waals surface area contributed by atoms with Gasteiger partial charge in [-0.15, -0.1) is 0 Å². The number of methoxy groups -OCH3 is 1. The van der Waals surface area contributed by atoms with Crippen LogP contribution in [0.25, 0.3) is 0 Å². The van der Waals surface area contributed by atoms with Crippen molar-refractivity contribution >= 4 is 11.9 Å². The topological polar surface area (TPSA) is 67.9 Å². The summed E-state index contributed by atoms with van der Waals surface area (Å²) in [7, 11) is 3.07. The van der Waals surface area contributed by atoms with E-state index in [0.29, 0.717) is 26.2 Å². The van der Waals surface area contributed by atoms with E-state index in [-0.39, 0.29) is 24.4 Å². The molecule has 1 aliphatic heterocycles. The Balaban J connectivity index is 2.40. The maximum Gasteiger partial charge on any atom is 0.308 e. The molecular formula is C10H18N2O4. The smallest absolute Gasteiger partial charge is 0.308 e. The summed E-state index contributed by atoms with van der Waals surface area (Å²) in [5.74, 6) is -0.284. The zero-order chi connectivity index (χ0) is 12.0. The average molecular weight is 230 g/mol. The second-order valence-corrected chi connectivity index (χ2v) is 3.64. The Morgan fingerprint density at radius 1 is 1.56 bits per heavy atom. The number of hydrogen-bond acceptors (Lipinski definition) is 5. The van der Waals surface area contributed by atoms with Crippen LogP contribution in [0.5, 0.6) is 0 Å². The molecule has 0 saturated carbocycles. The zero-order valence-electron chi connectivity index (χ0n) is 9.69. The molecule has 0 aromatic rings. The zero-order valence-corrected chi connectivity index (χ0v) is 9.69. The standard InChI is InChI=1S/C10H18N2O4/c1-11-6-9(13)12-3-4-16-8(7-12)5-10(14)15-2/h8,11H,3-7H2,1-2H3. The number of ether oxygens (including phenoxy) is 2. The lowest BCUT2D eigenvalue weighted by Gasteiger charge is -2.32. The van der Waals surface area contributed by atoms with Crippen molar-refractivity contribution in [1.29, 1.82) is 0 Å². The first-order valence-electron chi connectivity index (χ1n) is 5.28. The van der Waals surface area contributed by atoms with E-state index in [1.54, 1.807) is 11.9 Å². The number of rotatable bonds is 4. The summed E-state index contributed by atoms with van der Waals surface area (Å²) >= 11 is 0. The van der Waals surface area contributed by atoms with Crippen molar-refractivity contribution in [2.75, 3.05) is 40.4 Å². The highest BCUT2D eigenvalue weighted by Crippen LogP contribution is 2.09. The van der Waals surface area contributed by atoms with Crippen LogP contribution in [0.2, 0.25) is 0 Å². The predicted molar refractivity (Wildman–Crippen MR) is 56.9 cm³/mol. The van der Waals surface area contributed by atoms with E-state index in [1.807, 2.05) is 0 Å². The third-order valence-corrected chi connectivity index (χ3v) is 2.44. The first-order chi connectivity index (χ1) is 7.67. The molecule has 1 amide bonds. The molecule has 1 saturated heterocycles. The molecule has 6 nitrogen and oxygen atoms in total. The van der Waals surface area contributed by atoms with Gasteiger partial charge in [-0.3, -0.25) is 9.59 Å². The van der Waals surface area contributed by atoms with E-state index in [0.717, 1.165) is 0 Å². The number of hydrogen-bond donors (Lipinski definition) is 1. The predicted octanol–water partition coefficient (Wildman–Crippen LogP) is -1.00. The number of morpholine rings is 1. The Labute approximate surface area is 94.9 Å². The Morgan fingerprint density at radius 3 is 2.94 bits per heavy atom. The van der Waals surface area contributed by atoms with Gasteiger partial charge in [-0.05, 0) is 7.05 Å². The molecule has 0 aromatic heterocycles. The average Bonchev–Trinajstić information content (AvgIpc) is 2.29. The maximum atomic E-state index is 11.6. The van der Waals surface area contributed by atoms with Crippen LogP contribution in [0.3, 0.4) is 0 Å². The molecule has 6 heteroatoms. The highest BCUT2D eigenvalue weighted by Gasteiger charge is 2.25. The summed E-state index contributed by atoms with van der Waals surface area (Å²) in [4.78, 5) is 24.4. The van der Waals surface area contributed by atoms with Gasteiger partial charge in [-0.1, -0.05) is 0 Å². The SMILES string of the molecule is CNCC(=O)N1CCOC(CC(=O)OC)C1. The molecule has 1 heterocycles. The van der Waals surface area contributed by atoms with Gasteiger partial charge >= 0.3 is 5.97 Å². The number of carbonyl (C=O) groups is 2. The van der Waals surface area contributed by atoms with Gasteiger partial charge in [0.15, 0.2) is 0 Å². The summed E-state index contributed by atoms with van der Waals surface area (Å²) in [6, 6.07) is 0. The fraction of sp³-hybridized carbons (Fsp3) is 0.800. The highest BCUT2D eigenvalue weighted by atomic mass is 16.5. The number of amides is 1. The second-order valence-electron chi connectivity index (χ2n) is 3.64. The molecule has 1 N–H and O–H groups in total. The second kappa shape index (κ2) is 6.44. The van der Waals surface area contributed by atoms with Crippen LogP contribution in [-0.4, -0.2) is 63.3 Å².